The summed E-state index contributed by atoms with van der Waals surface area (Å²) in [6.07, 6.45) is 1.15. The quantitative estimate of drug-likeness (QED) is 0.784. The lowest BCUT2D eigenvalue weighted by atomic mass is 9.98. The molecule has 1 aromatic carbocycles. The molecule has 1 aliphatic rings. The Morgan fingerprint density at radius 3 is 3.00 bits per heavy atom. The van der Waals surface area contributed by atoms with E-state index in [1.807, 2.05) is 12.1 Å². The average molecular weight is 283 g/mol. The number of hydrogen-bond donors (Lipinski definition) is 3. The topological polar surface area (TPSA) is 61.4 Å². The number of piperidine rings is 1. The number of benzene rings is 1. The molecule has 1 amide bonds. The van der Waals surface area contributed by atoms with E-state index in [4.69, 9.17) is 11.6 Å². The van der Waals surface area contributed by atoms with E-state index < -0.39 is 6.10 Å². The average Bonchev–Trinajstić information content (AvgIpc) is 2.46. The molecule has 0 saturated carbocycles. The summed E-state index contributed by atoms with van der Waals surface area (Å²) in [5, 5.41) is 16.5. The van der Waals surface area contributed by atoms with Crippen LogP contribution in [-0.4, -0.2) is 30.6 Å². The number of hydrogen-bond acceptors (Lipinski definition) is 3. The van der Waals surface area contributed by atoms with Gasteiger partial charge < -0.3 is 15.7 Å². The SMILES string of the molecule is O=C(NC[C@@H](O)c1ccccc1Cl)[C@@H]1CCCNC1. The van der Waals surface area contributed by atoms with E-state index in [0.717, 1.165) is 19.4 Å². The van der Waals surface area contributed by atoms with Gasteiger partial charge in [-0.2, -0.15) is 0 Å². The third-order valence-electron chi connectivity index (χ3n) is 3.40. The van der Waals surface area contributed by atoms with E-state index in [0.29, 0.717) is 17.1 Å². The molecule has 0 spiro atoms. The molecule has 0 aromatic heterocycles. The highest BCUT2D eigenvalue weighted by atomic mass is 35.5. The normalized spacial score (nSPS) is 20.8. The van der Waals surface area contributed by atoms with E-state index >= 15 is 0 Å². The van der Waals surface area contributed by atoms with Crippen LogP contribution in [0.15, 0.2) is 24.3 Å². The van der Waals surface area contributed by atoms with Crippen molar-refractivity contribution >= 4 is 17.5 Å². The van der Waals surface area contributed by atoms with Gasteiger partial charge in [-0.3, -0.25) is 4.79 Å². The van der Waals surface area contributed by atoms with Crippen molar-refractivity contribution in [2.24, 2.45) is 5.92 Å². The summed E-state index contributed by atoms with van der Waals surface area (Å²) in [4.78, 5) is 11.9. The second kappa shape index (κ2) is 6.89. The summed E-state index contributed by atoms with van der Waals surface area (Å²) in [5.74, 6) is 0.00509. The van der Waals surface area contributed by atoms with Gasteiger partial charge in [0.05, 0.1) is 12.0 Å². The predicted molar refractivity (Wildman–Crippen MR) is 75.0 cm³/mol. The van der Waals surface area contributed by atoms with Crippen molar-refractivity contribution in [1.29, 1.82) is 0 Å². The van der Waals surface area contributed by atoms with Crippen LogP contribution in [0.1, 0.15) is 24.5 Å². The lowest BCUT2D eigenvalue weighted by molar-refractivity contribution is -0.125. The molecule has 5 heteroatoms. The fraction of sp³-hybridized carbons (Fsp3) is 0.500. The molecule has 4 nitrogen and oxygen atoms in total. The predicted octanol–water partition coefficient (Wildman–Crippen LogP) is 1.49. The van der Waals surface area contributed by atoms with Crippen LogP contribution in [0.2, 0.25) is 5.02 Å². The molecule has 1 aliphatic heterocycles. The first kappa shape index (κ1) is 14.3. The Labute approximate surface area is 118 Å². The molecular weight excluding hydrogens is 264 g/mol. The van der Waals surface area contributed by atoms with Crippen molar-refractivity contribution in [3.05, 3.63) is 34.9 Å². The Bertz CT molecular complexity index is 433. The van der Waals surface area contributed by atoms with Gasteiger partial charge in [-0.05, 0) is 25.5 Å². The molecule has 0 unspecified atom stereocenters. The lowest BCUT2D eigenvalue weighted by Gasteiger charge is -2.22. The third-order valence-corrected chi connectivity index (χ3v) is 3.75. The van der Waals surface area contributed by atoms with E-state index in [1.165, 1.54) is 0 Å². The van der Waals surface area contributed by atoms with Crippen molar-refractivity contribution in [2.75, 3.05) is 19.6 Å². The summed E-state index contributed by atoms with van der Waals surface area (Å²) in [5.41, 5.74) is 0.645. The molecule has 3 N–H and O–H groups in total. The summed E-state index contributed by atoms with van der Waals surface area (Å²) in [6.45, 7) is 1.89. The van der Waals surface area contributed by atoms with E-state index in [1.54, 1.807) is 12.1 Å². The Morgan fingerprint density at radius 1 is 1.53 bits per heavy atom. The van der Waals surface area contributed by atoms with E-state index in [2.05, 4.69) is 10.6 Å². The summed E-state index contributed by atoms with van der Waals surface area (Å²) < 4.78 is 0. The number of halogens is 1. The summed E-state index contributed by atoms with van der Waals surface area (Å²) >= 11 is 6.00. The van der Waals surface area contributed by atoms with Crippen molar-refractivity contribution in [1.82, 2.24) is 10.6 Å². The first-order chi connectivity index (χ1) is 9.18. The van der Waals surface area contributed by atoms with Crippen molar-refractivity contribution in [2.45, 2.75) is 18.9 Å². The number of nitrogens with one attached hydrogen (secondary N) is 2. The van der Waals surface area contributed by atoms with Crippen molar-refractivity contribution in [3.8, 4) is 0 Å². The summed E-state index contributed by atoms with van der Waals surface area (Å²) in [6, 6.07) is 7.12. The smallest absolute Gasteiger partial charge is 0.224 e. The van der Waals surface area contributed by atoms with Gasteiger partial charge >= 0.3 is 0 Å². The maximum atomic E-state index is 11.9. The minimum atomic E-state index is -0.769. The Morgan fingerprint density at radius 2 is 2.32 bits per heavy atom. The third kappa shape index (κ3) is 3.93. The monoisotopic (exact) mass is 282 g/mol. The van der Waals surface area contributed by atoms with Gasteiger partial charge in [-0.1, -0.05) is 29.8 Å². The van der Waals surface area contributed by atoms with Gasteiger partial charge in [-0.25, -0.2) is 0 Å². The minimum Gasteiger partial charge on any atom is -0.387 e. The van der Waals surface area contributed by atoms with Gasteiger partial charge in [-0.15, -0.1) is 0 Å². The Hall–Kier alpha value is -1.10. The molecule has 0 radical (unpaired) electrons. The minimum absolute atomic E-state index is 0.00157. The van der Waals surface area contributed by atoms with Crippen LogP contribution >= 0.6 is 11.6 Å². The molecule has 19 heavy (non-hydrogen) atoms. The number of aliphatic hydroxyl groups excluding tert-OH is 1. The second-order valence-electron chi connectivity index (χ2n) is 4.83. The van der Waals surface area contributed by atoms with Crippen molar-refractivity contribution in [3.63, 3.8) is 0 Å². The molecule has 1 aromatic rings. The maximum absolute atomic E-state index is 11.9. The number of aliphatic hydroxyl groups is 1. The second-order valence-corrected chi connectivity index (χ2v) is 5.23. The van der Waals surface area contributed by atoms with Gasteiger partial charge in [0.15, 0.2) is 0 Å². The van der Waals surface area contributed by atoms with Crippen LogP contribution in [0.25, 0.3) is 0 Å². The molecule has 2 rings (SSSR count). The summed E-state index contributed by atoms with van der Waals surface area (Å²) in [7, 11) is 0. The van der Waals surface area contributed by atoms with Gasteiger partial charge in [0.2, 0.25) is 5.91 Å². The molecule has 0 bridgehead atoms. The number of carbonyl (C=O) groups excluding carboxylic acids is 1. The number of rotatable bonds is 4. The molecular formula is C14H19ClN2O2. The van der Waals surface area contributed by atoms with Crippen molar-refractivity contribution < 1.29 is 9.90 Å². The van der Waals surface area contributed by atoms with E-state index in [-0.39, 0.29) is 18.4 Å². The molecule has 0 aliphatic carbocycles. The first-order valence-corrected chi connectivity index (χ1v) is 6.97. The Kier molecular flexibility index (Phi) is 5.19. The largest absolute Gasteiger partial charge is 0.387 e. The van der Waals surface area contributed by atoms with Crippen LogP contribution in [0, 0.1) is 5.92 Å². The van der Waals surface area contributed by atoms with Gasteiger partial charge in [0.1, 0.15) is 0 Å². The zero-order chi connectivity index (χ0) is 13.7. The standard InChI is InChI=1S/C14H19ClN2O2/c15-12-6-2-1-5-11(12)13(18)9-17-14(19)10-4-3-7-16-8-10/h1-2,5-6,10,13,16,18H,3-4,7-9H2,(H,17,19)/t10-,13-/m1/s1. The number of carbonyl (C=O) groups is 1. The molecule has 104 valence electrons. The fourth-order valence-electron chi connectivity index (χ4n) is 2.27. The van der Waals surface area contributed by atoms with Crippen LogP contribution in [0.5, 0.6) is 0 Å². The Balaban J connectivity index is 1.84. The van der Waals surface area contributed by atoms with Crippen LogP contribution in [0.3, 0.4) is 0 Å². The lowest BCUT2D eigenvalue weighted by Crippen LogP contribution is -2.41. The highest BCUT2D eigenvalue weighted by Gasteiger charge is 2.21. The van der Waals surface area contributed by atoms with Gasteiger partial charge in [0.25, 0.3) is 0 Å². The molecule has 1 saturated heterocycles. The first-order valence-electron chi connectivity index (χ1n) is 6.59. The number of amides is 1. The zero-order valence-electron chi connectivity index (χ0n) is 10.7. The molecule has 1 fully saturated rings. The molecule has 2 atom stereocenters. The zero-order valence-corrected chi connectivity index (χ0v) is 11.5. The molecule has 1 heterocycles. The maximum Gasteiger partial charge on any atom is 0.224 e. The van der Waals surface area contributed by atoms with Crippen LogP contribution in [-0.2, 0) is 4.79 Å². The van der Waals surface area contributed by atoms with Gasteiger partial charge in [0, 0.05) is 23.7 Å². The van der Waals surface area contributed by atoms with Crippen LogP contribution < -0.4 is 10.6 Å². The van der Waals surface area contributed by atoms with E-state index in [9.17, 15) is 9.90 Å². The fourth-order valence-corrected chi connectivity index (χ4v) is 2.53. The van der Waals surface area contributed by atoms with Crippen LogP contribution in [0.4, 0.5) is 0 Å². The highest BCUT2D eigenvalue weighted by molar-refractivity contribution is 6.31. The highest BCUT2D eigenvalue weighted by Crippen LogP contribution is 2.22.